The highest BCUT2D eigenvalue weighted by atomic mass is 15.0. The molecule has 0 fully saturated rings. The SMILES string of the molecule is CC1(C)c2ccccc2-c2ccc(-c3ccc4c(c3)c3ccccc3n4-c3ccc4cc(-c5cccc6c5C(=N)c5ccccc5-6)ccc4c3)cc21. The number of hydrogen-bond acceptors (Lipinski definition) is 1. The zero-order chi connectivity index (χ0) is 34.7. The van der Waals surface area contributed by atoms with Crippen LogP contribution in [0.1, 0.15) is 36.1 Å². The summed E-state index contributed by atoms with van der Waals surface area (Å²) in [5.74, 6) is 0. The van der Waals surface area contributed by atoms with Crippen molar-refractivity contribution in [2.45, 2.75) is 19.3 Å². The minimum atomic E-state index is -0.0328. The molecule has 0 amide bonds. The molecule has 52 heavy (non-hydrogen) atoms. The van der Waals surface area contributed by atoms with Crippen molar-refractivity contribution in [3.63, 3.8) is 0 Å². The number of para-hydroxylation sites is 1. The summed E-state index contributed by atoms with van der Waals surface area (Å²) in [5, 5.41) is 13.9. The quantitative estimate of drug-likeness (QED) is 0.195. The fourth-order valence-electron chi connectivity index (χ4n) is 9.21. The van der Waals surface area contributed by atoms with E-state index in [1.54, 1.807) is 0 Å². The van der Waals surface area contributed by atoms with Crippen LogP contribution in [0.5, 0.6) is 0 Å². The molecule has 1 heterocycles. The third kappa shape index (κ3) is 3.98. The topological polar surface area (TPSA) is 28.8 Å². The van der Waals surface area contributed by atoms with E-state index in [4.69, 9.17) is 5.41 Å². The first-order valence-corrected chi connectivity index (χ1v) is 18.1. The van der Waals surface area contributed by atoms with Crippen molar-refractivity contribution in [2.24, 2.45) is 0 Å². The second-order valence-electron chi connectivity index (χ2n) is 14.9. The second-order valence-corrected chi connectivity index (χ2v) is 14.9. The molecular weight excluding hydrogens is 629 g/mol. The highest BCUT2D eigenvalue weighted by Gasteiger charge is 2.35. The van der Waals surface area contributed by atoms with Crippen LogP contribution in [0.25, 0.3) is 82.8 Å². The first-order chi connectivity index (χ1) is 25.5. The normalized spacial score (nSPS) is 13.8. The van der Waals surface area contributed by atoms with Gasteiger partial charge in [-0.05, 0) is 109 Å². The smallest absolute Gasteiger partial charge is 0.0703 e. The molecule has 0 spiro atoms. The molecular formula is C50H34N2. The molecule has 0 atom stereocenters. The summed E-state index contributed by atoms with van der Waals surface area (Å²) < 4.78 is 2.41. The Hall–Kier alpha value is -6.51. The van der Waals surface area contributed by atoms with Crippen molar-refractivity contribution >= 4 is 38.3 Å². The molecule has 2 aliphatic carbocycles. The molecule has 0 radical (unpaired) electrons. The van der Waals surface area contributed by atoms with Crippen molar-refractivity contribution < 1.29 is 0 Å². The molecule has 0 bridgehead atoms. The summed E-state index contributed by atoms with van der Waals surface area (Å²) in [6, 6.07) is 59.9. The Morgan fingerprint density at radius 2 is 1.06 bits per heavy atom. The monoisotopic (exact) mass is 662 g/mol. The predicted octanol–water partition coefficient (Wildman–Crippen LogP) is 13.0. The molecule has 11 rings (SSSR count). The van der Waals surface area contributed by atoms with Crippen molar-refractivity contribution in [3.05, 3.63) is 186 Å². The predicted molar refractivity (Wildman–Crippen MR) is 218 cm³/mol. The van der Waals surface area contributed by atoms with Gasteiger partial charge in [0, 0.05) is 33.0 Å². The molecule has 0 saturated heterocycles. The summed E-state index contributed by atoms with van der Waals surface area (Å²) in [7, 11) is 0. The fraction of sp³-hybridized carbons (Fsp3) is 0.0600. The largest absolute Gasteiger partial charge is 0.309 e. The van der Waals surface area contributed by atoms with Gasteiger partial charge < -0.3 is 4.57 Å². The average Bonchev–Trinajstić information content (AvgIpc) is 3.77. The lowest BCUT2D eigenvalue weighted by Gasteiger charge is -2.22. The highest BCUT2D eigenvalue weighted by molar-refractivity contribution is 6.26. The average molecular weight is 663 g/mol. The fourth-order valence-corrected chi connectivity index (χ4v) is 9.21. The van der Waals surface area contributed by atoms with Gasteiger partial charge in [0.1, 0.15) is 0 Å². The van der Waals surface area contributed by atoms with Crippen LogP contribution in [0, 0.1) is 5.41 Å². The lowest BCUT2D eigenvalue weighted by atomic mass is 9.81. The Kier molecular flexibility index (Phi) is 5.91. The number of benzene rings is 8. The molecule has 2 nitrogen and oxygen atoms in total. The Morgan fingerprint density at radius 1 is 0.423 bits per heavy atom. The van der Waals surface area contributed by atoms with E-state index in [2.05, 4.69) is 176 Å². The summed E-state index contributed by atoms with van der Waals surface area (Å²) >= 11 is 0. The van der Waals surface area contributed by atoms with Crippen molar-refractivity contribution in [2.75, 3.05) is 0 Å². The lowest BCUT2D eigenvalue weighted by Crippen LogP contribution is -2.14. The van der Waals surface area contributed by atoms with E-state index in [1.807, 2.05) is 6.07 Å². The number of fused-ring (bicyclic) bond motifs is 10. The van der Waals surface area contributed by atoms with Crippen LogP contribution in [0.3, 0.4) is 0 Å². The van der Waals surface area contributed by atoms with Gasteiger partial charge in [-0.2, -0.15) is 0 Å². The molecule has 0 unspecified atom stereocenters. The Bertz CT molecular complexity index is 3010. The highest BCUT2D eigenvalue weighted by Crippen LogP contribution is 2.50. The number of hydrogen-bond donors (Lipinski definition) is 1. The Labute approximate surface area is 302 Å². The van der Waals surface area contributed by atoms with Crippen molar-refractivity contribution in [3.8, 4) is 50.2 Å². The molecule has 0 aliphatic heterocycles. The van der Waals surface area contributed by atoms with Gasteiger partial charge in [-0.15, -0.1) is 0 Å². The van der Waals surface area contributed by atoms with Gasteiger partial charge >= 0.3 is 0 Å². The summed E-state index contributed by atoms with van der Waals surface area (Å²) in [4.78, 5) is 0. The minimum Gasteiger partial charge on any atom is -0.309 e. The first kappa shape index (κ1) is 29.2. The molecule has 1 aromatic heterocycles. The maximum Gasteiger partial charge on any atom is 0.0703 e. The van der Waals surface area contributed by atoms with Crippen LogP contribution >= 0.6 is 0 Å². The van der Waals surface area contributed by atoms with Crippen LogP contribution in [0.4, 0.5) is 0 Å². The van der Waals surface area contributed by atoms with E-state index in [9.17, 15) is 0 Å². The molecule has 1 N–H and O–H groups in total. The van der Waals surface area contributed by atoms with E-state index in [1.165, 1.54) is 66.0 Å². The summed E-state index contributed by atoms with van der Waals surface area (Å²) in [6.07, 6.45) is 0. The lowest BCUT2D eigenvalue weighted by molar-refractivity contribution is 0.660. The van der Waals surface area contributed by atoms with E-state index in [0.29, 0.717) is 5.71 Å². The van der Waals surface area contributed by atoms with Crippen LogP contribution in [0.15, 0.2) is 164 Å². The number of nitrogens with zero attached hydrogens (tertiary/aromatic N) is 1. The van der Waals surface area contributed by atoms with E-state index >= 15 is 0 Å². The number of rotatable bonds is 3. The second kappa shape index (κ2) is 10.5. The van der Waals surface area contributed by atoms with Crippen LogP contribution < -0.4 is 0 Å². The van der Waals surface area contributed by atoms with Gasteiger partial charge in [0.2, 0.25) is 0 Å². The molecule has 244 valence electrons. The zero-order valence-corrected chi connectivity index (χ0v) is 29.0. The number of nitrogens with one attached hydrogen (secondary N) is 1. The molecule has 0 saturated carbocycles. The van der Waals surface area contributed by atoms with Gasteiger partial charge in [-0.1, -0.05) is 135 Å². The minimum absolute atomic E-state index is 0.0328. The Balaban J connectivity index is 1.01. The van der Waals surface area contributed by atoms with Gasteiger partial charge in [0.15, 0.2) is 0 Å². The zero-order valence-electron chi connectivity index (χ0n) is 29.0. The summed E-state index contributed by atoms with van der Waals surface area (Å²) in [6.45, 7) is 4.70. The molecule has 2 heteroatoms. The van der Waals surface area contributed by atoms with Gasteiger partial charge in [0.05, 0.1) is 16.7 Å². The third-order valence-electron chi connectivity index (χ3n) is 11.8. The van der Waals surface area contributed by atoms with Gasteiger partial charge in [-0.3, -0.25) is 5.41 Å². The standard InChI is InChI=1S/C50H34N2/c1-50(2)44-16-7-5-11-38(44)39-24-21-33(29-45(39)50)32-22-25-47-43(28-32)40-12-6-8-17-46(40)52(47)35-23-20-30-26-34(19-18-31(30)27-35)36-14-9-15-41-37-10-3-4-13-42(37)49(51)48(36)41/h3-29,51H,1-2H3. The third-order valence-corrected chi connectivity index (χ3v) is 11.8. The molecule has 2 aliphatic rings. The number of aromatic nitrogens is 1. The van der Waals surface area contributed by atoms with E-state index in [0.717, 1.165) is 39.1 Å². The molecule has 9 aromatic rings. The van der Waals surface area contributed by atoms with Gasteiger partial charge in [0.25, 0.3) is 0 Å². The van der Waals surface area contributed by atoms with E-state index < -0.39 is 0 Å². The maximum absolute atomic E-state index is 9.03. The Morgan fingerprint density at radius 3 is 1.96 bits per heavy atom. The van der Waals surface area contributed by atoms with Crippen molar-refractivity contribution in [1.29, 1.82) is 5.41 Å². The maximum atomic E-state index is 9.03. The van der Waals surface area contributed by atoms with Crippen LogP contribution in [0.2, 0.25) is 0 Å². The molecule has 8 aromatic carbocycles. The van der Waals surface area contributed by atoms with Crippen LogP contribution in [-0.2, 0) is 5.41 Å². The van der Waals surface area contributed by atoms with Crippen molar-refractivity contribution in [1.82, 2.24) is 4.57 Å². The first-order valence-electron chi connectivity index (χ1n) is 18.1. The van der Waals surface area contributed by atoms with Gasteiger partial charge in [-0.25, -0.2) is 0 Å². The van der Waals surface area contributed by atoms with E-state index in [-0.39, 0.29) is 5.41 Å². The summed E-state index contributed by atoms with van der Waals surface area (Å²) in [5.41, 5.74) is 18.7. The van der Waals surface area contributed by atoms with Crippen LogP contribution in [-0.4, -0.2) is 10.3 Å².